The third-order valence-electron chi connectivity index (χ3n) is 4.55. The van der Waals surface area contributed by atoms with Crippen molar-refractivity contribution in [2.24, 2.45) is 5.92 Å². The van der Waals surface area contributed by atoms with Crippen molar-refractivity contribution in [1.29, 1.82) is 0 Å². The number of carbonyl (C=O) groups excluding carboxylic acids is 3. The molecule has 3 rings (SSSR count). The molecule has 24 heavy (non-hydrogen) atoms. The molecule has 1 aromatic rings. The van der Waals surface area contributed by atoms with Gasteiger partial charge in [0.15, 0.2) is 5.78 Å². The molecule has 1 aromatic carbocycles. The molecule has 2 aliphatic rings. The van der Waals surface area contributed by atoms with Gasteiger partial charge in [-0.25, -0.2) is 9.59 Å². The average molecular weight is 329 g/mol. The van der Waals surface area contributed by atoms with E-state index in [1.807, 2.05) is 30.3 Å². The molecule has 1 heterocycles. The van der Waals surface area contributed by atoms with E-state index in [2.05, 4.69) is 0 Å². The first-order chi connectivity index (χ1) is 11.6. The Morgan fingerprint density at radius 1 is 1.25 bits per heavy atom. The zero-order chi connectivity index (χ0) is 17.1. The molecule has 6 nitrogen and oxygen atoms in total. The molecule has 0 bridgehead atoms. The van der Waals surface area contributed by atoms with Gasteiger partial charge >= 0.3 is 12.1 Å². The van der Waals surface area contributed by atoms with Gasteiger partial charge in [0.1, 0.15) is 12.6 Å². The second-order valence-electron chi connectivity index (χ2n) is 5.94. The molecule has 0 unspecified atom stereocenters. The summed E-state index contributed by atoms with van der Waals surface area (Å²) in [5.74, 6) is -0.948. The molecule has 6 heteroatoms. The van der Waals surface area contributed by atoms with E-state index >= 15 is 0 Å². The van der Waals surface area contributed by atoms with Crippen molar-refractivity contribution in [3.8, 4) is 0 Å². The monoisotopic (exact) mass is 329 g/mol. The van der Waals surface area contributed by atoms with Crippen LogP contribution >= 0.6 is 0 Å². The van der Waals surface area contributed by atoms with E-state index in [-0.39, 0.29) is 30.8 Å². The largest absolute Gasteiger partial charge is 0.467 e. The normalized spacial score (nSPS) is 25.3. The summed E-state index contributed by atoms with van der Waals surface area (Å²) < 4.78 is 10.2. The first-order valence-electron chi connectivity index (χ1n) is 7.89. The molecule has 0 aromatic heterocycles. The zero-order valence-corrected chi connectivity index (χ0v) is 13.4. The summed E-state index contributed by atoms with van der Waals surface area (Å²) in [6.45, 7) is 0.116. The number of likely N-dealkylation sites (tertiary alicyclic amines) is 1. The number of hydrogen-bond acceptors (Lipinski definition) is 5. The number of benzene rings is 1. The second-order valence-corrected chi connectivity index (χ2v) is 5.94. The lowest BCUT2D eigenvalue weighted by Gasteiger charge is -2.30. The van der Waals surface area contributed by atoms with Crippen LogP contribution in [-0.2, 0) is 25.7 Å². The highest BCUT2D eigenvalue weighted by atomic mass is 16.6. The van der Waals surface area contributed by atoms with Crippen molar-refractivity contribution in [1.82, 2.24) is 4.90 Å². The van der Waals surface area contributed by atoms with E-state index in [1.54, 1.807) is 6.08 Å². The van der Waals surface area contributed by atoms with Crippen LogP contribution in [0.3, 0.4) is 0 Å². The Balaban J connectivity index is 1.76. The fourth-order valence-electron chi connectivity index (χ4n) is 3.37. The maximum Gasteiger partial charge on any atom is 0.411 e. The van der Waals surface area contributed by atoms with E-state index in [0.717, 1.165) is 5.56 Å². The highest BCUT2D eigenvalue weighted by molar-refractivity contribution is 5.95. The van der Waals surface area contributed by atoms with E-state index < -0.39 is 18.1 Å². The Bertz CT molecular complexity index is 669. The molecule has 1 fully saturated rings. The van der Waals surface area contributed by atoms with Crippen molar-refractivity contribution < 1.29 is 23.9 Å². The predicted octanol–water partition coefficient (Wildman–Crippen LogP) is 2.08. The van der Waals surface area contributed by atoms with E-state index in [1.165, 1.54) is 18.1 Å². The minimum Gasteiger partial charge on any atom is -0.467 e. The third kappa shape index (κ3) is 3.04. The molecule has 1 aliphatic carbocycles. The number of rotatable bonds is 3. The van der Waals surface area contributed by atoms with Gasteiger partial charge in [-0.2, -0.15) is 0 Å². The SMILES string of the molecule is COC(=O)[C@@H]1C[C@H]2C(=O)C=CC[C@H]2N1C(=O)OCc1ccccc1. The minimum atomic E-state index is -0.780. The molecule has 126 valence electrons. The Labute approximate surface area is 140 Å². The van der Waals surface area contributed by atoms with Crippen LogP contribution in [0.2, 0.25) is 0 Å². The molecule has 3 atom stereocenters. The Morgan fingerprint density at radius 2 is 2.00 bits per heavy atom. The Hall–Kier alpha value is -2.63. The summed E-state index contributed by atoms with van der Waals surface area (Å²) in [6.07, 6.45) is 3.48. The van der Waals surface area contributed by atoms with E-state index in [4.69, 9.17) is 9.47 Å². The predicted molar refractivity (Wildman–Crippen MR) is 84.9 cm³/mol. The number of esters is 1. The molecule has 1 saturated heterocycles. The quantitative estimate of drug-likeness (QED) is 0.794. The van der Waals surface area contributed by atoms with Crippen molar-refractivity contribution in [2.75, 3.05) is 7.11 Å². The molecular weight excluding hydrogens is 310 g/mol. The van der Waals surface area contributed by atoms with Crippen molar-refractivity contribution in [3.63, 3.8) is 0 Å². The number of ketones is 1. The van der Waals surface area contributed by atoms with Gasteiger partial charge in [0.2, 0.25) is 0 Å². The number of ether oxygens (including phenoxy) is 2. The molecule has 0 radical (unpaired) electrons. The van der Waals surface area contributed by atoms with Crippen LogP contribution in [0.25, 0.3) is 0 Å². The van der Waals surface area contributed by atoms with Gasteiger partial charge in [0.05, 0.1) is 7.11 Å². The van der Waals surface area contributed by atoms with Gasteiger partial charge in [-0.05, 0) is 24.5 Å². The maximum atomic E-state index is 12.6. The van der Waals surface area contributed by atoms with Crippen LogP contribution in [0.1, 0.15) is 18.4 Å². The molecule has 0 saturated carbocycles. The molecule has 1 aliphatic heterocycles. The molecular formula is C18H19NO5. The number of nitrogens with zero attached hydrogens (tertiary/aromatic N) is 1. The topological polar surface area (TPSA) is 72.9 Å². The number of fused-ring (bicyclic) bond motifs is 1. The van der Waals surface area contributed by atoms with Crippen LogP contribution in [0.15, 0.2) is 42.5 Å². The summed E-state index contributed by atoms with van der Waals surface area (Å²) in [4.78, 5) is 38.1. The van der Waals surface area contributed by atoms with Crippen LogP contribution in [0, 0.1) is 5.92 Å². The zero-order valence-electron chi connectivity index (χ0n) is 13.4. The van der Waals surface area contributed by atoms with Crippen molar-refractivity contribution >= 4 is 17.8 Å². The Morgan fingerprint density at radius 3 is 2.71 bits per heavy atom. The van der Waals surface area contributed by atoms with Gasteiger partial charge < -0.3 is 9.47 Å². The van der Waals surface area contributed by atoms with Gasteiger partial charge in [-0.3, -0.25) is 9.69 Å². The van der Waals surface area contributed by atoms with Gasteiger partial charge in [0, 0.05) is 12.0 Å². The number of allylic oxidation sites excluding steroid dienone is 1. The Kier molecular flexibility index (Phi) is 4.64. The highest BCUT2D eigenvalue weighted by Gasteiger charge is 2.50. The minimum absolute atomic E-state index is 0.0569. The van der Waals surface area contributed by atoms with Gasteiger partial charge in [-0.1, -0.05) is 36.4 Å². The third-order valence-corrected chi connectivity index (χ3v) is 4.55. The lowest BCUT2D eigenvalue weighted by Crippen LogP contribution is -2.47. The summed E-state index contributed by atoms with van der Waals surface area (Å²) in [6, 6.07) is 8.17. The fraction of sp³-hybridized carbons (Fsp3) is 0.389. The van der Waals surface area contributed by atoms with E-state index in [0.29, 0.717) is 6.42 Å². The second kappa shape index (κ2) is 6.86. The van der Waals surface area contributed by atoms with Crippen molar-refractivity contribution in [3.05, 3.63) is 48.0 Å². The fourth-order valence-corrected chi connectivity index (χ4v) is 3.37. The lowest BCUT2D eigenvalue weighted by atomic mass is 9.88. The molecule has 1 amide bonds. The van der Waals surface area contributed by atoms with Crippen LogP contribution < -0.4 is 0 Å². The van der Waals surface area contributed by atoms with Crippen LogP contribution in [-0.4, -0.2) is 41.9 Å². The van der Waals surface area contributed by atoms with Crippen molar-refractivity contribution in [2.45, 2.75) is 31.5 Å². The maximum absolute atomic E-state index is 12.6. The summed E-state index contributed by atoms with van der Waals surface area (Å²) in [7, 11) is 1.28. The van der Waals surface area contributed by atoms with Gasteiger partial charge in [-0.15, -0.1) is 0 Å². The number of carbonyl (C=O) groups is 3. The van der Waals surface area contributed by atoms with Gasteiger partial charge in [0.25, 0.3) is 0 Å². The average Bonchev–Trinajstić information content (AvgIpc) is 3.01. The summed E-state index contributed by atoms with van der Waals surface area (Å²) in [5.41, 5.74) is 0.857. The number of amides is 1. The number of methoxy groups -OCH3 is 1. The van der Waals surface area contributed by atoms with Crippen LogP contribution in [0.5, 0.6) is 0 Å². The molecule has 0 spiro atoms. The summed E-state index contributed by atoms with van der Waals surface area (Å²) in [5, 5.41) is 0. The first-order valence-corrected chi connectivity index (χ1v) is 7.89. The van der Waals surface area contributed by atoms with E-state index in [9.17, 15) is 14.4 Å². The standard InChI is InChI=1S/C18H19NO5/c1-23-17(21)15-10-13-14(8-5-9-16(13)20)19(15)18(22)24-11-12-6-3-2-4-7-12/h2-7,9,13-15H,8,10-11H2,1H3/t13-,14-,15+/m1/s1. The molecule has 0 N–H and O–H groups in total. The smallest absolute Gasteiger partial charge is 0.411 e. The summed E-state index contributed by atoms with van der Waals surface area (Å²) >= 11 is 0. The van der Waals surface area contributed by atoms with Crippen LogP contribution in [0.4, 0.5) is 4.79 Å². The lowest BCUT2D eigenvalue weighted by molar-refractivity contribution is -0.145. The highest BCUT2D eigenvalue weighted by Crippen LogP contribution is 2.36. The first kappa shape index (κ1) is 16.2. The number of hydrogen-bond donors (Lipinski definition) is 0.